The maximum Gasteiger partial charge on any atom is 0.282 e. The lowest BCUT2D eigenvalue weighted by Gasteiger charge is -2.22. The Morgan fingerprint density at radius 3 is 2.38 bits per heavy atom. The minimum Gasteiger partial charge on any atom is -0.490 e. The van der Waals surface area contributed by atoms with Crippen LogP contribution in [0.2, 0.25) is 0 Å². The van der Waals surface area contributed by atoms with Gasteiger partial charge in [0.05, 0.1) is 16.8 Å². The zero-order valence-corrected chi connectivity index (χ0v) is 24.1. The van der Waals surface area contributed by atoms with E-state index in [0.717, 1.165) is 5.75 Å². The van der Waals surface area contributed by atoms with E-state index >= 15 is 0 Å². The largest absolute Gasteiger partial charge is 0.490 e. The van der Waals surface area contributed by atoms with Crippen molar-refractivity contribution >= 4 is 39.5 Å². The quantitative estimate of drug-likeness (QED) is 0.156. The lowest BCUT2D eigenvalue weighted by atomic mass is 9.84. The van der Waals surface area contributed by atoms with Gasteiger partial charge in [0, 0.05) is 0 Å². The molecule has 1 saturated carbocycles. The molecule has 1 aliphatic heterocycles. The van der Waals surface area contributed by atoms with E-state index in [1.165, 1.54) is 42.7 Å². The minimum absolute atomic E-state index is 0.0368. The first-order valence-corrected chi connectivity index (χ1v) is 14.6. The molecule has 5 rings (SSSR count). The van der Waals surface area contributed by atoms with Crippen molar-refractivity contribution in [3.8, 4) is 17.2 Å². The molecule has 0 spiro atoms. The van der Waals surface area contributed by atoms with Gasteiger partial charge in [0.15, 0.2) is 11.5 Å². The first-order chi connectivity index (χ1) is 19.5. The molecule has 1 saturated heterocycles. The van der Waals surface area contributed by atoms with Crippen LogP contribution in [-0.4, -0.2) is 31.6 Å². The van der Waals surface area contributed by atoms with Gasteiger partial charge in [0.2, 0.25) is 0 Å². The molecule has 0 bridgehead atoms. The van der Waals surface area contributed by atoms with Crippen LogP contribution >= 0.6 is 15.9 Å². The van der Waals surface area contributed by atoms with Crippen LogP contribution in [0, 0.1) is 0 Å². The van der Waals surface area contributed by atoms with E-state index in [0.29, 0.717) is 53.0 Å². The normalized spacial score (nSPS) is 16.8. The van der Waals surface area contributed by atoms with Gasteiger partial charge in [-0.15, -0.1) is 0 Å². The van der Waals surface area contributed by atoms with Crippen LogP contribution in [0.4, 0.5) is 5.69 Å². The highest BCUT2D eigenvalue weighted by atomic mass is 79.9. The van der Waals surface area contributed by atoms with E-state index in [-0.39, 0.29) is 5.57 Å². The van der Waals surface area contributed by atoms with Crippen LogP contribution in [0.1, 0.15) is 56.1 Å². The monoisotopic (exact) mass is 604 g/mol. The Labute approximate surface area is 243 Å². The Hall–Kier alpha value is -3.78. The fraction of sp³-hybridized carbons (Fsp3) is 0.312. The zero-order chi connectivity index (χ0) is 27.9. The summed E-state index contributed by atoms with van der Waals surface area (Å²) < 4.78 is 18.4. The molecule has 2 amide bonds. The molecule has 1 N–H and O–H groups in total. The molecule has 7 nitrogen and oxygen atoms in total. The molecule has 3 aromatic rings. The number of hydrogen-bond acceptors (Lipinski definition) is 5. The molecule has 2 fully saturated rings. The molecule has 40 heavy (non-hydrogen) atoms. The smallest absolute Gasteiger partial charge is 0.282 e. The highest BCUT2D eigenvalue weighted by Crippen LogP contribution is 2.38. The first-order valence-electron chi connectivity index (χ1n) is 13.8. The fourth-order valence-electron chi connectivity index (χ4n) is 5.13. The molecule has 8 heteroatoms. The molecule has 208 valence electrons. The van der Waals surface area contributed by atoms with Gasteiger partial charge in [-0.3, -0.25) is 15.0 Å². The third kappa shape index (κ3) is 6.50. The number of ether oxygens (including phenoxy) is 3. The second-order valence-electron chi connectivity index (χ2n) is 9.84. The van der Waals surface area contributed by atoms with Gasteiger partial charge in [0.25, 0.3) is 11.8 Å². The number of halogens is 1. The second-order valence-corrected chi connectivity index (χ2v) is 10.7. The number of anilines is 1. The summed E-state index contributed by atoms with van der Waals surface area (Å²) in [6, 6.07) is 20.9. The Morgan fingerprint density at radius 2 is 1.65 bits per heavy atom. The average molecular weight is 606 g/mol. The summed E-state index contributed by atoms with van der Waals surface area (Å²) >= 11 is 3.57. The predicted molar refractivity (Wildman–Crippen MR) is 159 cm³/mol. The Bertz CT molecular complexity index is 1370. The molecular formula is C32H33BrN2O5. The number of hydrazine groups is 1. The Balaban J connectivity index is 1.22. The van der Waals surface area contributed by atoms with Gasteiger partial charge in [-0.2, -0.15) is 0 Å². The van der Waals surface area contributed by atoms with Crippen LogP contribution < -0.4 is 24.6 Å². The summed E-state index contributed by atoms with van der Waals surface area (Å²) in [7, 11) is 0. The third-order valence-electron chi connectivity index (χ3n) is 7.10. The number of rotatable bonds is 10. The van der Waals surface area contributed by atoms with Gasteiger partial charge in [-0.1, -0.05) is 49.6 Å². The van der Waals surface area contributed by atoms with E-state index < -0.39 is 11.8 Å². The van der Waals surface area contributed by atoms with Crippen molar-refractivity contribution in [1.29, 1.82) is 0 Å². The molecule has 1 heterocycles. The molecular weight excluding hydrogens is 572 g/mol. The first kappa shape index (κ1) is 27.8. The van der Waals surface area contributed by atoms with Crippen LogP contribution in [0.3, 0.4) is 0 Å². The lowest BCUT2D eigenvalue weighted by molar-refractivity contribution is -0.117. The van der Waals surface area contributed by atoms with Crippen molar-refractivity contribution < 1.29 is 23.8 Å². The van der Waals surface area contributed by atoms with Crippen molar-refractivity contribution in [3.63, 3.8) is 0 Å². The maximum absolute atomic E-state index is 13.0. The number of carbonyl (C=O) groups excluding carboxylic acids is 2. The van der Waals surface area contributed by atoms with Gasteiger partial charge in [-0.05, 0) is 95.2 Å². The number of nitrogens with zero attached hydrogens (tertiary/aromatic N) is 1. The summed E-state index contributed by atoms with van der Waals surface area (Å²) in [6.45, 7) is 3.00. The van der Waals surface area contributed by atoms with E-state index in [9.17, 15) is 9.59 Å². The highest BCUT2D eigenvalue weighted by Gasteiger charge is 2.34. The van der Waals surface area contributed by atoms with Crippen molar-refractivity contribution in [3.05, 3.63) is 87.9 Å². The van der Waals surface area contributed by atoms with Gasteiger partial charge < -0.3 is 14.2 Å². The van der Waals surface area contributed by atoms with Crippen LogP contribution in [0.25, 0.3) is 6.08 Å². The van der Waals surface area contributed by atoms with Crippen LogP contribution in [0.5, 0.6) is 17.2 Å². The number of para-hydroxylation sites is 1. The van der Waals surface area contributed by atoms with Crippen molar-refractivity contribution in [2.45, 2.75) is 44.9 Å². The summed E-state index contributed by atoms with van der Waals surface area (Å²) in [5.74, 6) is 1.64. The zero-order valence-electron chi connectivity index (χ0n) is 22.5. The molecule has 0 atom stereocenters. The summed E-state index contributed by atoms with van der Waals surface area (Å²) in [5.41, 5.74) is 5.27. The van der Waals surface area contributed by atoms with E-state index in [2.05, 4.69) is 33.5 Å². The molecule has 1 aliphatic carbocycles. The maximum atomic E-state index is 13.0. The van der Waals surface area contributed by atoms with Gasteiger partial charge >= 0.3 is 0 Å². The lowest BCUT2D eigenvalue weighted by Crippen LogP contribution is -2.35. The number of benzene rings is 3. The molecule has 0 radical (unpaired) electrons. The fourth-order valence-corrected chi connectivity index (χ4v) is 5.71. The van der Waals surface area contributed by atoms with Crippen molar-refractivity contribution in [2.75, 3.05) is 24.8 Å². The number of carbonyl (C=O) groups is 2. The van der Waals surface area contributed by atoms with Crippen molar-refractivity contribution in [1.82, 2.24) is 5.43 Å². The summed E-state index contributed by atoms with van der Waals surface area (Å²) in [5, 5.41) is 1.24. The SMILES string of the molecule is CCOc1cc(/C=C2\C(=O)NN(c3ccccc3)C2=O)cc(Br)c1OCCOc1ccc(C2CCCCC2)cc1. The summed E-state index contributed by atoms with van der Waals surface area (Å²) in [6.07, 6.45) is 8.09. The highest BCUT2D eigenvalue weighted by molar-refractivity contribution is 9.10. The van der Waals surface area contributed by atoms with E-state index in [1.54, 1.807) is 42.5 Å². The molecule has 2 aliphatic rings. The predicted octanol–water partition coefficient (Wildman–Crippen LogP) is 6.81. The van der Waals surface area contributed by atoms with E-state index in [1.807, 2.05) is 25.1 Å². The number of nitrogens with one attached hydrogen (secondary N) is 1. The van der Waals surface area contributed by atoms with Gasteiger partial charge in [-0.25, -0.2) is 5.01 Å². The average Bonchev–Trinajstić information content (AvgIpc) is 3.26. The third-order valence-corrected chi connectivity index (χ3v) is 7.69. The Morgan fingerprint density at radius 1 is 0.925 bits per heavy atom. The minimum atomic E-state index is -0.466. The summed E-state index contributed by atoms with van der Waals surface area (Å²) in [4.78, 5) is 25.6. The van der Waals surface area contributed by atoms with Crippen LogP contribution in [0.15, 0.2) is 76.8 Å². The molecule has 0 aromatic heterocycles. The topological polar surface area (TPSA) is 77.1 Å². The Kier molecular flexibility index (Phi) is 9.06. The van der Waals surface area contributed by atoms with E-state index in [4.69, 9.17) is 14.2 Å². The van der Waals surface area contributed by atoms with Crippen molar-refractivity contribution in [2.24, 2.45) is 0 Å². The standard InChI is InChI=1S/C32H33BrN2O5/c1-2-38-29-21-22(19-27-31(36)34-35(32(27)37)25-11-7-4-8-12-25)20-28(33)30(29)40-18-17-39-26-15-13-24(14-16-26)23-9-5-3-6-10-23/h4,7-8,11-16,19-21,23H,2-3,5-6,9-10,17-18H2,1H3,(H,34,36)/b27-19+. The molecule has 0 unspecified atom stereocenters. The van der Waals surface area contributed by atoms with Crippen LogP contribution in [-0.2, 0) is 9.59 Å². The number of hydrogen-bond donors (Lipinski definition) is 1. The number of amides is 2. The molecule has 3 aromatic carbocycles. The second kappa shape index (κ2) is 13.0. The van der Waals surface area contributed by atoms with Gasteiger partial charge in [0.1, 0.15) is 24.5 Å².